The van der Waals surface area contributed by atoms with Gasteiger partial charge >= 0.3 is 5.97 Å². The topological polar surface area (TPSA) is 72.5 Å². The van der Waals surface area contributed by atoms with Gasteiger partial charge in [0.15, 0.2) is 0 Å². The van der Waals surface area contributed by atoms with Gasteiger partial charge in [-0.2, -0.15) is 11.8 Å². The maximum atomic E-state index is 10.3. The Labute approximate surface area is 89.2 Å². The molecule has 84 valence electrons. The molecule has 1 atom stereocenters. The van der Waals surface area contributed by atoms with E-state index in [2.05, 4.69) is 0 Å². The van der Waals surface area contributed by atoms with E-state index in [0.29, 0.717) is 13.0 Å². The number of hydrogen-bond acceptors (Lipinski definition) is 4. The first kappa shape index (κ1) is 13.7. The van der Waals surface area contributed by atoms with Gasteiger partial charge in [0.1, 0.15) is 6.04 Å². The zero-order valence-corrected chi connectivity index (χ0v) is 9.55. The molecule has 0 aromatic carbocycles. The Kier molecular flexibility index (Phi) is 7.93. The molecule has 0 bridgehead atoms. The van der Waals surface area contributed by atoms with Crippen LogP contribution in [-0.2, 0) is 9.53 Å². The Morgan fingerprint density at radius 2 is 2.14 bits per heavy atom. The quantitative estimate of drug-likeness (QED) is 0.597. The third-order valence-corrected chi connectivity index (χ3v) is 2.55. The number of carboxylic acid groups (broad SMARTS) is 1. The van der Waals surface area contributed by atoms with Crippen molar-refractivity contribution in [2.24, 2.45) is 5.73 Å². The highest BCUT2D eigenvalue weighted by molar-refractivity contribution is 7.99. The molecule has 0 radical (unpaired) electrons. The number of rotatable bonds is 8. The molecule has 0 aromatic heterocycles. The first-order valence-corrected chi connectivity index (χ1v) is 5.87. The van der Waals surface area contributed by atoms with Gasteiger partial charge in [0.05, 0.1) is 12.7 Å². The monoisotopic (exact) mass is 221 g/mol. The van der Waals surface area contributed by atoms with Crippen molar-refractivity contribution in [2.75, 3.05) is 18.1 Å². The minimum absolute atomic E-state index is 0.261. The average molecular weight is 221 g/mol. The first-order chi connectivity index (χ1) is 6.54. The van der Waals surface area contributed by atoms with Crippen molar-refractivity contribution in [2.45, 2.75) is 32.4 Å². The van der Waals surface area contributed by atoms with Crippen molar-refractivity contribution in [1.82, 2.24) is 0 Å². The van der Waals surface area contributed by atoms with Crippen molar-refractivity contribution in [3.8, 4) is 0 Å². The second-order valence-corrected chi connectivity index (χ2v) is 4.49. The highest BCUT2D eigenvalue weighted by Crippen LogP contribution is 2.04. The van der Waals surface area contributed by atoms with Gasteiger partial charge in [-0.3, -0.25) is 4.79 Å². The molecule has 0 saturated carbocycles. The highest BCUT2D eigenvalue weighted by atomic mass is 32.2. The lowest BCUT2D eigenvalue weighted by Crippen LogP contribution is -2.30. The number of thioether (sulfide) groups is 1. The molecule has 1 unspecified atom stereocenters. The van der Waals surface area contributed by atoms with Crippen LogP contribution in [0, 0.1) is 0 Å². The molecular formula is C9H19NO3S. The Morgan fingerprint density at radius 1 is 1.50 bits per heavy atom. The Hall–Kier alpha value is -0.260. The lowest BCUT2D eigenvalue weighted by molar-refractivity contribution is -0.138. The molecule has 0 saturated heterocycles. The van der Waals surface area contributed by atoms with Crippen LogP contribution in [0.4, 0.5) is 0 Å². The zero-order chi connectivity index (χ0) is 11.0. The van der Waals surface area contributed by atoms with Gasteiger partial charge in [-0.15, -0.1) is 0 Å². The lowest BCUT2D eigenvalue weighted by atomic mass is 10.2. The van der Waals surface area contributed by atoms with E-state index < -0.39 is 12.0 Å². The van der Waals surface area contributed by atoms with Gasteiger partial charge < -0.3 is 15.6 Å². The molecule has 0 amide bonds. The van der Waals surface area contributed by atoms with Crippen LogP contribution in [0.25, 0.3) is 0 Å². The molecule has 0 spiro atoms. The fraction of sp³-hybridized carbons (Fsp3) is 0.889. The van der Waals surface area contributed by atoms with Crippen LogP contribution >= 0.6 is 11.8 Å². The maximum Gasteiger partial charge on any atom is 0.320 e. The molecule has 5 heteroatoms. The maximum absolute atomic E-state index is 10.3. The summed E-state index contributed by atoms with van der Waals surface area (Å²) in [6.07, 6.45) is 0.777. The largest absolute Gasteiger partial charge is 0.480 e. The number of aliphatic carboxylic acids is 1. The third-order valence-electron chi connectivity index (χ3n) is 1.57. The van der Waals surface area contributed by atoms with Gasteiger partial charge in [0, 0.05) is 5.75 Å². The van der Waals surface area contributed by atoms with E-state index in [9.17, 15) is 4.79 Å². The number of nitrogens with two attached hydrogens (primary N) is 1. The van der Waals surface area contributed by atoms with Crippen molar-refractivity contribution < 1.29 is 14.6 Å². The zero-order valence-electron chi connectivity index (χ0n) is 8.73. The van der Waals surface area contributed by atoms with Crippen LogP contribution < -0.4 is 5.73 Å². The molecule has 3 N–H and O–H groups in total. The Balaban J connectivity index is 3.17. The standard InChI is InChI=1S/C9H19NO3S/c1-7(2)13-4-6-14-5-3-8(10)9(11)12/h7-8H,3-6,10H2,1-2H3,(H,11,12). The van der Waals surface area contributed by atoms with E-state index in [4.69, 9.17) is 15.6 Å². The Morgan fingerprint density at radius 3 is 2.64 bits per heavy atom. The van der Waals surface area contributed by atoms with Crippen LogP contribution in [0.5, 0.6) is 0 Å². The smallest absolute Gasteiger partial charge is 0.320 e. The van der Waals surface area contributed by atoms with Crippen molar-refractivity contribution >= 4 is 17.7 Å². The second-order valence-electron chi connectivity index (χ2n) is 3.27. The highest BCUT2D eigenvalue weighted by Gasteiger charge is 2.09. The van der Waals surface area contributed by atoms with Crippen molar-refractivity contribution in [3.05, 3.63) is 0 Å². The summed E-state index contributed by atoms with van der Waals surface area (Å²) in [6, 6.07) is -0.728. The molecule has 14 heavy (non-hydrogen) atoms. The van der Waals surface area contributed by atoms with Crippen LogP contribution in [0.1, 0.15) is 20.3 Å². The summed E-state index contributed by atoms with van der Waals surface area (Å²) in [5, 5.41) is 8.50. The fourth-order valence-corrected chi connectivity index (χ4v) is 1.62. The van der Waals surface area contributed by atoms with Crippen molar-refractivity contribution in [3.63, 3.8) is 0 Å². The predicted octanol–water partition coefficient (Wildman–Crippen LogP) is 0.947. The molecule has 0 aliphatic rings. The number of hydrogen-bond donors (Lipinski definition) is 2. The molecule has 0 aliphatic carbocycles. The van der Waals surface area contributed by atoms with Gasteiger partial charge in [-0.1, -0.05) is 0 Å². The van der Waals surface area contributed by atoms with E-state index in [-0.39, 0.29) is 6.10 Å². The minimum Gasteiger partial charge on any atom is -0.480 e. The summed E-state index contributed by atoms with van der Waals surface area (Å²) in [7, 11) is 0. The number of ether oxygens (including phenoxy) is 1. The third kappa shape index (κ3) is 8.34. The second kappa shape index (κ2) is 8.08. The molecule has 0 rings (SSSR count). The van der Waals surface area contributed by atoms with Crippen molar-refractivity contribution in [1.29, 1.82) is 0 Å². The number of carbonyl (C=O) groups is 1. The Bertz CT molecular complexity index is 164. The summed E-state index contributed by atoms with van der Waals surface area (Å²) in [5.41, 5.74) is 5.34. The fourth-order valence-electron chi connectivity index (χ4n) is 0.779. The van der Waals surface area contributed by atoms with Crippen LogP contribution in [-0.4, -0.2) is 41.3 Å². The summed E-state index contributed by atoms with van der Waals surface area (Å²) in [4.78, 5) is 10.3. The van der Waals surface area contributed by atoms with Crippen LogP contribution in [0.3, 0.4) is 0 Å². The van der Waals surface area contributed by atoms with Gasteiger partial charge in [-0.25, -0.2) is 0 Å². The molecular weight excluding hydrogens is 202 g/mol. The number of carboxylic acids is 1. The van der Waals surface area contributed by atoms with Crippen LogP contribution in [0.2, 0.25) is 0 Å². The lowest BCUT2D eigenvalue weighted by Gasteiger charge is -2.08. The summed E-state index contributed by atoms with van der Waals surface area (Å²) >= 11 is 1.67. The summed E-state index contributed by atoms with van der Waals surface area (Å²) in [6.45, 7) is 4.70. The average Bonchev–Trinajstić information content (AvgIpc) is 2.09. The summed E-state index contributed by atoms with van der Waals surface area (Å²) < 4.78 is 5.33. The molecule has 0 aliphatic heterocycles. The van der Waals surface area contributed by atoms with E-state index in [1.54, 1.807) is 11.8 Å². The van der Waals surface area contributed by atoms with Gasteiger partial charge in [0.25, 0.3) is 0 Å². The van der Waals surface area contributed by atoms with Gasteiger partial charge in [0.2, 0.25) is 0 Å². The molecule has 4 nitrogen and oxygen atoms in total. The molecule has 0 heterocycles. The van der Waals surface area contributed by atoms with Gasteiger partial charge in [-0.05, 0) is 26.0 Å². The summed E-state index contributed by atoms with van der Waals surface area (Å²) in [5.74, 6) is 0.739. The predicted molar refractivity (Wildman–Crippen MR) is 58.6 cm³/mol. The van der Waals surface area contributed by atoms with E-state index in [1.807, 2.05) is 13.8 Å². The van der Waals surface area contributed by atoms with Crippen LogP contribution in [0.15, 0.2) is 0 Å². The molecule has 0 aromatic rings. The van der Waals surface area contributed by atoms with E-state index >= 15 is 0 Å². The van der Waals surface area contributed by atoms with E-state index in [0.717, 1.165) is 11.5 Å². The first-order valence-electron chi connectivity index (χ1n) is 4.71. The minimum atomic E-state index is -0.927. The SMILES string of the molecule is CC(C)OCCSCCC(N)C(=O)O. The van der Waals surface area contributed by atoms with E-state index in [1.165, 1.54) is 0 Å². The normalized spacial score (nSPS) is 13.1. The molecule has 0 fully saturated rings.